The lowest BCUT2D eigenvalue weighted by Crippen LogP contribution is -2.53. The molecule has 4 aromatic rings. The average molecular weight is 446 g/mol. The van der Waals surface area contributed by atoms with Gasteiger partial charge in [-0.2, -0.15) is 0 Å². The van der Waals surface area contributed by atoms with E-state index in [1.807, 2.05) is 36.1 Å². The first-order chi connectivity index (χ1) is 15.5. The van der Waals surface area contributed by atoms with Gasteiger partial charge in [-0.25, -0.2) is 0 Å². The van der Waals surface area contributed by atoms with Crippen LogP contribution in [-0.4, -0.2) is 41.1 Å². The molecule has 32 heavy (non-hydrogen) atoms. The maximum Gasteiger partial charge on any atom is 0.264 e. The van der Waals surface area contributed by atoms with Gasteiger partial charge in [0.2, 0.25) is 0 Å². The Morgan fingerprint density at radius 2 is 1.88 bits per heavy atom. The van der Waals surface area contributed by atoms with E-state index in [0.717, 1.165) is 22.1 Å². The number of aromatic nitrogens is 1. The minimum Gasteiger partial charge on any atom is -0.365 e. The second kappa shape index (κ2) is 8.10. The summed E-state index contributed by atoms with van der Waals surface area (Å²) in [6.45, 7) is 8.99. The van der Waals surface area contributed by atoms with E-state index in [0.29, 0.717) is 29.9 Å². The topological polar surface area (TPSA) is 45.6 Å². The first-order valence-electron chi connectivity index (χ1n) is 11.2. The van der Waals surface area contributed by atoms with Gasteiger partial charge in [-0.05, 0) is 50.6 Å². The lowest BCUT2D eigenvalue weighted by molar-refractivity contribution is 0.0731. The van der Waals surface area contributed by atoms with Gasteiger partial charge >= 0.3 is 0 Å². The Bertz CT molecular complexity index is 1390. The second-order valence-electron chi connectivity index (χ2n) is 8.55. The molecule has 5 nitrogen and oxygen atoms in total. The molecular weight excluding hydrogens is 418 g/mol. The highest BCUT2D eigenvalue weighted by Gasteiger charge is 2.29. The van der Waals surface area contributed by atoms with Crippen LogP contribution in [0.3, 0.4) is 0 Å². The van der Waals surface area contributed by atoms with Crippen molar-refractivity contribution in [3.05, 3.63) is 75.4 Å². The molecule has 1 aliphatic rings. The minimum absolute atomic E-state index is 0.0193. The fraction of sp³-hybridized carbons (Fsp3) is 0.308. The number of aryl methyl sites for hydroxylation is 2. The SMILES string of the molecule is CCn1c(=O)c2cc(C(=O)N3CCN(c4cccc(C)c4)C(C)C3)sc2c2ccccc21. The predicted octanol–water partition coefficient (Wildman–Crippen LogP) is 4.90. The van der Waals surface area contributed by atoms with Crippen molar-refractivity contribution in [1.29, 1.82) is 0 Å². The van der Waals surface area contributed by atoms with Crippen LogP contribution in [0.5, 0.6) is 0 Å². The van der Waals surface area contributed by atoms with Crippen molar-refractivity contribution in [3.63, 3.8) is 0 Å². The largest absolute Gasteiger partial charge is 0.365 e. The second-order valence-corrected chi connectivity index (χ2v) is 9.60. The van der Waals surface area contributed by atoms with E-state index in [1.165, 1.54) is 22.6 Å². The maximum atomic E-state index is 13.4. The zero-order valence-electron chi connectivity index (χ0n) is 18.7. The number of thiophene rings is 1. The van der Waals surface area contributed by atoms with Crippen molar-refractivity contribution in [2.75, 3.05) is 24.5 Å². The third kappa shape index (κ3) is 3.39. The Morgan fingerprint density at radius 3 is 2.62 bits per heavy atom. The van der Waals surface area contributed by atoms with Crippen molar-refractivity contribution >= 4 is 43.9 Å². The number of benzene rings is 2. The van der Waals surface area contributed by atoms with Crippen LogP contribution < -0.4 is 10.5 Å². The van der Waals surface area contributed by atoms with Crippen LogP contribution in [0.25, 0.3) is 21.0 Å². The number of para-hydroxylation sites is 1. The van der Waals surface area contributed by atoms with Gasteiger partial charge in [0.1, 0.15) is 0 Å². The number of amides is 1. The van der Waals surface area contributed by atoms with Crippen LogP contribution in [0, 0.1) is 6.92 Å². The third-order valence-electron chi connectivity index (χ3n) is 6.42. The molecule has 0 radical (unpaired) electrons. The van der Waals surface area contributed by atoms with Gasteiger partial charge in [-0.3, -0.25) is 9.59 Å². The molecule has 2 aromatic carbocycles. The summed E-state index contributed by atoms with van der Waals surface area (Å²) in [5.41, 5.74) is 3.35. The van der Waals surface area contributed by atoms with Crippen molar-refractivity contribution in [1.82, 2.24) is 9.47 Å². The molecule has 1 unspecified atom stereocenters. The predicted molar refractivity (Wildman–Crippen MR) is 133 cm³/mol. The van der Waals surface area contributed by atoms with E-state index in [4.69, 9.17) is 0 Å². The molecule has 1 fully saturated rings. The quantitative estimate of drug-likeness (QED) is 0.451. The van der Waals surface area contributed by atoms with Gasteiger partial charge in [0.25, 0.3) is 11.5 Å². The van der Waals surface area contributed by atoms with Crippen molar-refractivity contribution in [2.45, 2.75) is 33.4 Å². The fourth-order valence-corrected chi connectivity index (χ4v) is 5.97. The first-order valence-corrected chi connectivity index (χ1v) is 12.0. The normalized spacial score (nSPS) is 16.8. The molecular formula is C26H27N3O2S. The van der Waals surface area contributed by atoms with E-state index < -0.39 is 0 Å². The number of rotatable bonds is 3. The Kier molecular flexibility index (Phi) is 5.25. The van der Waals surface area contributed by atoms with Crippen LogP contribution in [0.15, 0.2) is 59.4 Å². The maximum absolute atomic E-state index is 13.4. The summed E-state index contributed by atoms with van der Waals surface area (Å²) in [5, 5.41) is 1.68. The highest BCUT2D eigenvalue weighted by atomic mass is 32.1. The van der Waals surface area contributed by atoms with Crippen molar-refractivity contribution in [2.24, 2.45) is 0 Å². The molecule has 1 saturated heterocycles. The van der Waals surface area contributed by atoms with Gasteiger partial charge in [-0.1, -0.05) is 30.3 Å². The number of pyridine rings is 1. The number of anilines is 1. The zero-order chi connectivity index (χ0) is 22.4. The van der Waals surface area contributed by atoms with E-state index in [2.05, 4.69) is 43.0 Å². The molecule has 0 N–H and O–H groups in total. The molecule has 0 aliphatic carbocycles. The van der Waals surface area contributed by atoms with Crippen LogP contribution in [0.1, 0.15) is 29.1 Å². The molecule has 164 valence electrons. The summed E-state index contributed by atoms with van der Waals surface area (Å²) in [4.78, 5) is 31.5. The van der Waals surface area contributed by atoms with E-state index in [1.54, 1.807) is 10.6 Å². The number of hydrogen-bond donors (Lipinski definition) is 0. The summed E-state index contributed by atoms with van der Waals surface area (Å²) < 4.78 is 2.70. The van der Waals surface area contributed by atoms with Crippen LogP contribution >= 0.6 is 11.3 Å². The standard InChI is InChI=1S/C26H27N3O2S/c1-4-28-22-11-6-5-10-20(22)24-21(25(28)30)15-23(32-24)26(31)27-12-13-29(18(3)16-27)19-9-7-8-17(2)14-19/h5-11,14-15,18H,4,12-13,16H2,1-3H3. The molecule has 2 aromatic heterocycles. The highest BCUT2D eigenvalue weighted by molar-refractivity contribution is 7.21. The Labute approximate surface area is 191 Å². The van der Waals surface area contributed by atoms with E-state index >= 15 is 0 Å². The van der Waals surface area contributed by atoms with Crippen molar-refractivity contribution < 1.29 is 4.79 Å². The zero-order valence-corrected chi connectivity index (χ0v) is 19.5. The number of piperazine rings is 1. The number of carbonyl (C=O) groups excluding carboxylic acids is 1. The fourth-order valence-electron chi connectivity index (χ4n) is 4.81. The Morgan fingerprint density at radius 1 is 1.06 bits per heavy atom. The molecule has 5 rings (SSSR count). The van der Waals surface area contributed by atoms with Crippen LogP contribution in [-0.2, 0) is 6.54 Å². The van der Waals surface area contributed by atoms with Gasteiger partial charge in [-0.15, -0.1) is 11.3 Å². The number of carbonyl (C=O) groups is 1. The molecule has 1 amide bonds. The average Bonchev–Trinajstić information content (AvgIpc) is 3.25. The lowest BCUT2D eigenvalue weighted by Gasteiger charge is -2.41. The molecule has 1 aliphatic heterocycles. The smallest absolute Gasteiger partial charge is 0.264 e. The molecule has 6 heteroatoms. The summed E-state index contributed by atoms with van der Waals surface area (Å²) in [5.74, 6) is 0.0217. The van der Waals surface area contributed by atoms with E-state index in [9.17, 15) is 9.59 Å². The Balaban J connectivity index is 1.46. The van der Waals surface area contributed by atoms with Crippen LogP contribution in [0.4, 0.5) is 5.69 Å². The number of hydrogen-bond acceptors (Lipinski definition) is 4. The molecule has 3 heterocycles. The minimum atomic E-state index is -0.0193. The van der Waals surface area contributed by atoms with Crippen LogP contribution in [0.2, 0.25) is 0 Å². The number of fused-ring (bicyclic) bond motifs is 3. The monoisotopic (exact) mass is 445 g/mol. The summed E-state index contributed by atoms with van der Waals surface area (Å²) in [6, 6.07) is 18.5. The van der Waals surface area contributed by atoms with E-state index in [-0.39, 0.29) is 17.5 Å². The molecule has 1 atom stereocenters. The summed E-state index contributed by atoms with van der Waals surface area (Å²) in [7, 11) is 0. The molecule has 0 saturated carbocycles. The van der Waals surface area contributed by atoms with Gasteiger partial charge in [0.15, 0.2) is 0 Å². The van der Waals surface area contributed by atoms with Gasteiger partial charge in [0.05, 0.1) is 15.8 Å². The lowest BCUT2D eigenvalue weighted by atomic mass is 10.1. The molecule has 0 spiro atoms. The van der Waals surface area contributed by atoms with Crippen molar-refractivity contribution in [3.8, 4) is 0 Å². The molecule has 0 bridgehead atoms. The third-order valence-corrected chi connectivity index (χ3v) is 7.58. The summed E-state index contributed by atoms with van der Waals surface area (Å²) in [6.07, 6.45) is 0. The first kappa shape index (κ1) is 20.8. The number of nitrogens with zero attached hydrogens (tertiary/aromatic N) is 3. The van der Waals surface area contributed by atoms with Gasteiger partial charge in [0, 0.05) is 48.0 Å². The highest BCUT2D eigenvalue weighted by Crippen LogP contribution is 2.32. The van der Waals surface area contributed by atoms with Gasteiger partial charge < -0.3 is 14.4 Å². The summed E-state index contributed by atoms with van der Waals surface area (Å²) >= 11 is 1.44. The Hall–Kier alpha value is -3.12.